The van der Waals surface area contributed by atoms with Crippen LogP contribution in [0.5, 0.6) is 0 Å². The number of piperidine rings is 1. The number of aromatic nitrogens is 2. The van der Waals surface area contributed by atoms with Crippen molar-refractivity contribution in [3.63, 3.8) is 0 Å². The number of nitrogens with zero attached hydrogens (tertiary/aromatic N) is 2. The van der Waals surface area contributed by atoms with Crippen molar-refractivity contribution < 1.29 is 4.79 Å². The highest BCUT2D eigenvalue weighted by Gasteiger charge is 2.36. The summed E-state index contributed by atoms with van der Waals surface area (Å²) in [6.07, 6.45) is 8.78. The average molecular weight is 288 g/mol. The Balaban J connectivity index is 1.49. The summed E-state index contributed by atoms with van der Waals surface area (Å²) in [5.41, 5.74) is 8.16. The van der Waals surface area contributed by atoms with Gasteiger partial charge in [-0.05, 0) is 37.5 Å². The van der Waals surface area contributed by atoms with Gasteiger partial charge in [-0.3, -0.25) is 9.89 Å². The van der Waals surface area contributed by atoms with Crippen molar-refractivity contribution >= 4 is 11.6 Å². The lowest BCUT2D eigenvalue weighted by Crippen LogP contribution is -2.45. The minimum Gasteiger partial charge on any atom is -0.395 e. The molecular weight excluding hydrogens is 264 g/mol. The van der Waals surface area contributed by atoms with E-state index in [2.05, 4.69) is 10.2 Å². The van der Waals surface area contributed by atoms with Gasteiger partial charge in [0.2, 0.25) is 0 Å². The Bertz CT molecular complexity index is 548. The highest BCUT2D eigenvalue weighted by Crippen LogP contribution is 2.42. The molecule has 0 radical (unpaired) electrons. The molecule has 2 heterocycles. The Morgan fingerprint density at radius 2 is 1.90 bits per heavy atom. The van der Waals surface area contributed by atoms with Gasteiger partial charge in [0.25, 0.3) is 5.91 Å². The number of nitrogen functional groups attached to an aromatic ring is 1. The smallest absolute Gasteiger partial charge is 0.276 e. The lowest BCUT2D eigenvalue weighted by atomic mass is 9.75. The molecule has 2 saturated carbocycles. The van der Waals surface area contributed by atoms with Crippen molar-refractivity contribution in [2.75, 3.05) is 18.8 Å². The van der Waals surface area contributed by atoms with Crippen LogP contribution in [0.4, 0.5) is 5.69 Å². The number of anilines is 1. The van der Waals surface area contributed by atoms with Crippen molar-refractivity contribution in [3.05, 3.63) is 11.4 Å². The number of carbonyl (C=O) groups is 1. The van der Waals surface area contributed by atoms with Gasteiger partial charge in [-0.25, -0.2) is 0 Å². The zero-order chi connectivity index (χ0) is 14.4. The first kappa shape index (κ1) is 13.2. The van der Waals surface area contributed by atoms with E-state index in [0.29, 0.717) is 23.2 Å². The Kier molecular flexibility index (Phi) is 3.16. The number of hydrogen-bond acceptors (Lipinski definition) is 3. The largest absolute Gasteiger partial charge is 0.395 e. The molecule has 3 N–H and O–H groups in total. The van der Waals surface area contributed by atoms with Gasteiger partial charge in [-0.2, -0.15) is 5.10 Å². The lowest BCUT2D eigenvalue weighted by molar-refractivity contribution is 0.0516. The van der Waals surface area contributed by atoms with E-state index in [1.807, 2.05) is 4.90 Å². The number of nitrogens with one attached hydrogen (secondary N) is 1. The second-order valence-corrected chi connectivity index (χ2v) is 7.02. The van der Waals surface area contributed by atoms with E-state index in [9.17, 15) is 4.79 Å². The summed E-state index contributed by atoms with van der Waals surface area (Å²) >= 11 is 0. The molecule has 0 spiro atoms. The van der Waals surface area contributed by atoms with Crippen LogP contribution in [0.1, 0.15) is 67.0 Å². The number of rotatable bonds is 2. The molecule has 1 amide bonds. The highest BCUT2D eigenvalue weighted by atomic mass is 16.2. The van der Waals surface area contributed by atoms with E-state index < -0.39 is 0 Å². The Hall–Kier alpha value is -1.52. The summed E-state index contributed by atoms with van der Waals surface area (Å²) in [4.78, 5) is 14.7. The van der Waals surface area contributed by atoms with Crippen LogP contribution in [0.25, 0.3) is 0 Å². The van der Waals surface area contributed by atoms with Gasteiger partial charge in [0, 0.05) is 19.0 Å². The quantitative estimate of drug-likeness (QED) is 0.878. The molecule has 2 unspecified atom stereocenters. The molecule has 1 saturated heterocycles. The number of nitrogens with two attached hydrogens (primary N) is 1. The third-order valence-corrected chi connectivity index (χ3v) is 5.60. The van der Waals surface area contributed by atoms with Crippen molar-refractivity contribution in [2.24, 2.45) is 11.8 Å². The highest BCUT2D eigenvalue weighted by molar-refractivity contribution is 5.97. The number of H-pyrrole nitrogens is 1. The minimum atomic E-state index is 0.0275. The van der Waals surface area contributed by atoms with E-state index in [4.69, 9.17) is 5.73 Å². The summed E-state index contributed by atoms with van der Waals surface area (Å²) < 4.78 is 0. The van der Waals surface area contributed by atoms with Crippen LogP contribution in [0.2, 0.25) is 0 Å². The number of carbonyl (C=O) groups excluding carboxylic acids is 1. The second-order valence-electron chi connectivity index (χ2n) is 7.02. The van der Waals surface area contributed by atoms with Crippen LogP contribution in [0.15, 0.2) is 0 Å². The molecule has 1 aromatic rings. The van der Waals surface area contributed by atoms with E-state index in [0.717, 1.165) is 44.0 Å². The van der Waals surface area contributed by atoms with Crippen molar-refractivity contribution in [1.29, 1.82) is 0 Å². The zero-order valence-electron chi connectivity index (χ0n) is 12.5. The van der Waals surface area contributed by atoms with Crippen molar-refractivity contribution in [1.82, 2.24) is 15.1 Å². The predicted octanol–water partition coefficient (Wildman–Crippen LogP) is 2.52. The molecule has 21 heavy (non-hydrogen) atoms. The van der Waals surface area contributed by atoms with Gasteiger partial charge in [0.1, 0.15) is 0 Å². The zero-order valence-corrected chi connectivity index (χ0v) is 12.5. The normalized spacial score (nSPS) is 29.2. The van der Waals surface area contributed by atoms with Crippen molar-refractivity contribution in [2.45, 2.75) is 50.9 Å². The van der Waals surface area contributed by atoms with Gasteiger partial charge < -0.3 is 10.6 Å². The summed E-state index contributed by atoms with van der Waals surface area (Å²) in [5, 5.41) is 7.20. The SMILES string of the molecule is Nc1c(C(=O)N2CCC3CCCCC3C2)n[nH]c1C1CC1. The molecule has 3 aliphatic rings. The third-order valence-electron chi connectivity index (χ3n) is 5.60. The predicted molar refractivity (Wildman–Crippen MR) is 80.9 cm³/mol. The monoisotopic (exact) mass is 288 g/mol. The van der Waals surface area contributed by atoms with E-state index in [-0.39, 0.29) is 5.91 Å². The topological polar surface area (TPSA) is 75.0 Å². The van der Waals surface area contributed by atoms with Gasteiger partial charge in [-0.1, -0.05) is 19.3 Å². The molecule has 1 aliphatic heterocycles. The molecule has 0 bridgehead atoms. The van der Waals surface area contributed by atoms with Gasteiger partial charge in [-0.15, -0.1) is 0 Å². The molecule has 5 nitrogen and oxygen atoms in total. The maximum absolute atomic E-state index is 12.7. The minimum absolute atomic E-state index is 0.0275. The standard InChI is InChI=1S/C16H24N4O/c17-13-14(11-5-6-11)18-19-15(13)16(21)20-8-7-10-3-1-2-4-12(10)9-20/h10-12H,1-9,17H2,(H,18,19). The maximum Gasteiger partial charge on any atom is 0.276 e. The van der Waals surface area contributed by atoms with E-state index >= 15 is 0 Å². The molecule has 3 fully saturated rings. The number of amides is 1. The first-order chi connectivity index (χ1) is 10.2. The Morgan fingerprint density at radius 1 is 1.14 bits per heavy atom. The summed E-state index contributed by atoms with van der Waals surface area (Å²) in [6, 6.07) is 0. The Labute approximate surface area is 125 Å². The molecule has 114 valence electrons. The average Bonchev–Trinajstić information content (AvgIpc) is 3.29. The first-order valence-corrected chi connectivity index (χ1v) is 8.37. The number of likely N-dealkylation sites (tertiary alicyclic amines) is 1. The fraction of sp³-hybridized carbons (Fsp3) is 0.750. The molecule has 2 atom stereocenters. The number of aromatic amines is 1. The van der Waals surface area contributed by atoms with Crippen LogP contribution in [-0.4, -0.2) is 34.1 Å². The second kappa shape index (κ2) is 5.04. The Morgan fingerprint density at radius 3 is 2.67 bits per heavy atom. The molecule has 2 aliphatic carbocycles. The number of hydrogen-bond donors (Lipinski definition) is 2. The number of fused-ring (bicyclic) bond motifs is 1. The van der Waals surface area contributed by atoms with Crippen molar-refractivity contribution in [3.8, 4) is 0 Å². The molecule has 0 aromatic carbocycles. The van der Waals surface area contributed by atoms with Gasteiger partial charge >= 0.3 is 0 Å². The molecule has 5 heteroatoms. The maximum atomic E-state index is 12.7. The fourth-order valence-corrected chi connectivity index (χ4v) is 4.15. The van der Waals surface area contributed by atoms with E-state index in [1.165, 1.54) is 25.7 Å². The van der Waals surface area contributed by atoms with E-state index in [1.54, 1.807) is 0 Å². The summed E-state index contributed by atoms with van der Waals surface area (Å²) in [5.74, 6) is 2.06. The van der Waals surface area contributed by atoms with Gasteiger partial charge in [0.15, 0.2) is 5.69 Å². The van der Waals surface area contributed by atoms with Crippen LogP contribution in [0, 0.1) is 11.8 Å². The lowest BCUT2D eigenvalue weighted by Gasteiger charge is -2.41. The van der Waals surface area contributed by atoms with Crippen LogP contribution in [-0.2, 0) is 0 Å². The van der Waals surface area contributed by atoms with Gasteiger partial charge in [0.05, 0.1) is 11.4 Å². The first-order valence-electron chi connectivity index (χ1n) is 8.37. The van der Waals surface area contributed by atoms with Crippen LogP contribution < -0.4 is 5.73 Å². The summed E-state index contributed by atoms with van der Waals surface area (Å²) in [6.45, 7) is 1.76. The fourth-order valence-electron chi connectivity index (χ4n) is 4.15. The third kappa shape index (κ3) is 2.32. The molecule has 4 rings (SSSR count). The van der Waals surface area contributed by atoms with Crippen LogP contribution in [0.3, 0.4) is 0 Å². The molecular formula is C16H24N4O. The molecule has 1 aromatic heterocycles. The summed E-state index contributed by atoms with van der Waals surface area (Å²) in [7, 11) is 0. The van der Waals surface area contributed by atoms with Crippen LogP contribution >= 0.6 is 0 Å².